The van der Waals surface area contributed by atoms with Gasteiger partial charge in [0.1, 0.15) is 0 Å². The van der Waals surface area contributed by atoms with Crippen molar-refractivity contribution in [2.24, 2.45) is 5.92 Å². The van der Waals surface area contributed by atoms with Crippen molar-refractivity contribution in [3.05, 3.63) is 29.8 Å². The van der Waals surface area contributed by atoms with E-state index < -0.39 is 10.0 Å². The zero-order valence-electron chi connectivity index (χ0n) is 10.9. The van der Waals surface area contributed by atoms with Crippen LogP contribution in [-0.4, -0.2) is 44.6 Å². The van der Waals surface area contributed by atoms with Crippen LogP contribution in [0.25, 0.3) is 0 Å². The van der Waals surface area contributed by atoms with Gasteiger partial charge in [0.15, 0.2) is 0 Å². The Kier molecular flexibility index (Phi) is 4.57. The minimum absolute atomic E-state index is 0.204. The molecule has 0 spiro atoms. The summed E-state index contributed by atoms with van der Waals surface area (Å²) in [5.41, 5.74) is 0.442. The van der Waals surface area contributed by atoms with E-state index in [1.165, 1.54) is 4.31 Å². The van der Waals surface area contributed by atoms with E-state index in [1.54, 1.807) is 31.4 Å². The second kappa shape index (κ2) is 6.00. The van der Waals surface area contributed by atoms with Crippen molar-refractivity contribution < 1.29 is 18.3 Å². The molecule has 1 saturated heterocycles. The maximum atomic E-state index is 12.5. The molecule has 0 aliphatic carbocycles. The smallest absolute Gasteiger partial charge is 0.243 e. The summed E-state index contributed by atoms with van der Waals surface area (Å²) in [5.74, 6) is 0.251. The quantitative estimate of drug-likeness (QED) is 0.870. The minimum atomic E-state index is -3.51. The number of hydrogen-bond donors (Lipinski definition) is 1. The second-order valence-electron chi connectivity index (χ2n) is 4.74. The van der Waals surface area contributed by atoms with E-state index in [1.807, 2.05) is 0 Å². The van der Waals surface area contributed by atoms with Crippen molar-refractivity contribution in [1.29, 1.82) is 0 Å². The molecule has 1 atom stereocenters. The fraction of sp³-hybridized carbons (Fsp3) is 0.538. The van der Waals surface area contributed by atoms with Crippen molar-refractivity contribution in [1.82, 2.24) is 4.31 Å². The lowest BCUT2D eigenvalue weighted by molar-refractivity contribution is 0.157. The number of nitrogens with zero attached hydrogens (tertiary/aromatic N) is 1. The van der Waals surface area contributed by atoms with Crippen LogP contribution < -0.4 is 0 Å². The molecule has 1 heterocycles. The fourth-order valence-corrected chi connectivity index (χ4v) is 4.16. The maximum Gasteiger partial charge on any atom is 0.243 e. The molecule has 0 radical (unpaired) electrons. The molecule has 5 nitrogen and oxygen atoms in total. The van der Waals surface area contributed by atoms with Crippen molar-refractivity contribution in [2.75, 3.05) is 26.8 Å². The van der Waals surface area contributed by atoms with E-state index in [2.05, 4.69) is 0 Å². The first-order chi connectivity index (χ1) is 9.09. The lowest BCUT2D eigenvalue weighted by atomic mass is 10.1. The molecular weight excluding hydrogens is 266 g/mol. The summed E-state index contributed by atoms with van der Waals surface area (Å²) in [6, 6.07) is 6.58. The number of methoxy groups -OCH3 is 1. The van der Waals surface area contributed by atoms with Gasteiger partial charge in [-0.3, -0.25) is 0 Å². The molecule has 1 fully saturated rings. The van der Waals surface area contributed by atoms with Gasteiger partial charge >= 0.3 is 0 Å². The van der Waals surface area contributed by atoms with Crippen LogP contribution in [0, 0.1) is 5.92 Å². The van der Waals surface area contributed by atoms with E-state index in [9.17, 15) is 13.5 Å². The number of benzene rings is 1. The Labute approximate surface area is 113 Å². The molecule has 1 aliphatic heterocycles. The maximum absolute atomic E-state index is 12.5. The van der Waals surface area contributed by atoms with Gasteiger partial charge in [0.05, 0.1) is 18.1 Å². The number of rotatable bonds is 5. The van der Waals surface area contributed by atoms with Gasteiger partial charge in [0.2, 0.25) is 10.0 Å². The predicted molar refractivity (Wildman–Crippen MR) is 71.1 cm³/mol. The Morgan fingerprint density at radius 1 is 1.42 bits per heavy atom. The SMILES string of the molecule is COCC1CCN(S(=O)(=O)c2ccccc2CO)C1. The van der Waals surface area contributed by atoms with Gasteiger partial charge in [-0.15, -0.1) is 0 Å². The summed E-state index contributed by atoms with van der Waals surface area (Å²) >= 11 is 0. The first-order valence-electron chi connectivity index (χ1n) is 6.27. The van der Waals surface area contributed by atoms with Gasteiger partial charge in [-0.1, -0.05) is 18.2 Å². The fourth-order valence-electron chi connectivity index (χ4n) is 2.41. The number of aliphatic hydroxyl groups excluding tert-OH is 1. The Morgan fingerprint density at radius 3 is 2.84 bits per heavy atom. The molecule has 0 bridgehead atoms. The number of sulfonamides is 1. The minimum Gasteiger partial charge on any atom is -0.392 e. The van der Waals surface area contributed by atoms with Crippen molar-refractivity contribution in [3.63, 3.8) is 0 Å². The van der Waals surface area contributed by atoms with Crippen LogP contribution in [0.5, 0.6) is 0 Å². The third kappa shape index (κ3) is 2.97. The van der Waals surface area contributed by atoms with E-state index in [4.69, 9.17) is 4.74 Å². The van der Waals surface area contributed by atoms with E-state index in [0.717, 1.165) is 6.42 Å². The summed E-state index contributed by atoms with van der Waals surface area (Å²) in [4.78, 5) is 0.204. The monoisotopic (exact) mass is 285 g/mol. The average Bonchev–Trinajstić information content (AvgIpc) is 2.88. The highest BCUT2D eigenvalue weighted by Gasteiger charge is 2.33. The summed E-state index contributed by atoms with van der Waals surface area (Å²) in [6.07, 6.45) is 0.814. The average molecular weight is 285 g/mol. The topological polar surface area (TPSA) is 66.8 Å². The third-order valence-corrected chi connectivity index (χ3v) is 5.38. The molecular formula is C13H19NO4S. The van der Waals surface area contributed by atoms with Crippen LogP contribution in [0.1, 0.15) is 12.0 Å². The predicted octanol–water partition coefficient (Wildman–Crippen LogP) is 0.836. The van der Waals surface area contributed by atoms with Crippen LogP contribution in [-0.2, 0) is 21.4 Å². The molecule has 0 saturated carbocycles. The summed E-state index contributed by atoms with van der Waals surface area (Å²) < 4.78 is 31.6. The van der Waals surface area contributed by atoms with Crippen LogP contribution in [0.3, 0.4) is 0 Å². The largest absolute Gasteiger partial charge is 0.392 e. The van der Waals surface area contributed by atoms with Crippen LogP contribution in [0.4, 0.5) is 0 Å². The summed E-state index contributed by atoms with van der Waals surface area (Å²) in [6.45, 7) is 1.30. The summed E-state index contributed by atoms with van der Waals surface area (Å²) in [7, 11) is -1.89. The summed E-state index contributed by atoms with van der Waals surface area (Å²) in [5, 5.41) is 9.26. The number of hydrogen-bond acceptors (Lipinski definition) is 4. The highest BCUT2D eigenvalue weighted by molar-refractivity contribution is 7.89. The van der Waals surface area contributed by atoms with E-state index >= 15 is 0 Å². The molecule has 1 aromatic rings. The van der Waals surface area contributed by atoms with Crippen LogP contribution in [0.15, 0.2) is 29.2 Å². The highest BCUT2D eigenvalue weighted by atomic mass is 32.2. The third-order valence-electron chi connectivity index (χ3n) is 3.41. The van der Waals surface area contributed by atoms with Gasteiger partial charge < -0.3 is 9.84 Å². The Bertz CT molecular complexity index is 529. The Hall–Kier alpha value is -0.950. The van der Waals surface area contributed by atoms with E-state index in [-0.39, 0.29) is 17.4 Å². The molecule has 0 amide bonds. The lowest BCUT2D eigenvalue weighted by Gasteiger charge is -2.18. The second-order valence-corrected chi connectivity index (χ2v) is 6.65. The van der Waals surface area contributed by atoms with Gasteiger partial charge in [-0.2, -0.15) is 4.31 Å². The number of aliphatic hydroxyl groups is 1. The molecule has 1 aliphatic rings. The first kappa shape index (κ1) is 14.5. The standard InChI is InChI=1S/C13H19NO4S/c1-18-10-11-6-7-14(8-11)19(16,17)13-5-3-2-4-12(13)9-15/h2-5,11,15H,6-10H2,1H3. The molecule has 106 valence electrons. The zero-order chi connectivity index (χ0) is 13.9. The van der Waals surface area contributed by atoms with Gasteiger partial charge in [-0.05, 0) is 24.0 Å². The van der Waals surface area contributed by atoms with Crippen molar-refractivity contribution in [3.8, 4) is 0 Å². The molecule has 19 heavy (non-hydrogen) atoms. The van der Waals surface area contributed by atoms with Gasteiger partial charge in [0, 0.05) is 20.2 Å². The van der Waals surface area contributed by atoms with Crippen molar-refractivity contribution in [2.45, 2.75) is 17.9 Å². The van der Waals surface area contributed by atoms with Gasteiger partial charge in [-0.25, -0.2) is 8.42 Å². The molecule has 1 unspecified atom stereocenters. The normalized spacial score (nSPS) is 20.8. The Balaban J connectivity index is 2.24. The van der Waals surface area contributed by atoms with Crippen LogP contribution in [0.2, 0.25) is 0 Å². The first-order valence-corrected chi connectivity index (χ1v) is 7.71. The van der Waals surface area contributed by atoms with Crippen molar-refractivity contribution >= 4 is 10.0 Å². The molecule has 1 aromatic carbocycles. The molecule has 2 rings (SSSR count). The zero-order valence-corrected chi connectivity index (χ0v) is 11.8. The highest BCUT2D eigenvalue weighted by Crippen LogP contribution is 2.26. The molecule has 0 aromatic heterocycles. The van der Waals surface area contributed by atoms with E-state index in [0.29, 0.717) is 25.3 Å². The van der Waals surface area contributed by atoms with Crippen LogP contribution >= 0.6 is 0 Å². The molecule has 6 heteroatoms. The molecule has 1 N–H and O–H groups in total. The van der Waals surface area contributed by atoms with Gasteiger partial charge in [0.25, 0.3) is 0 Å². The number of ether oxygens (including phenoxy) is 1. The Morgan fingerprint density at radius 2 is 2.16 bits per heavy atom. The lowest BCUT2D eigenvalue weighted by Crippen LogP contribution is -2.30.